The molecule has 0 unspecified atom stereocenters. The molecule has 142 valence electrons. The van der Waals surface area contributed by atoms with E-state index >= 15 is 0 Å². The number of methoxy groups -OCH3 is 1. The van der Waals surface area contributed by atoms with Crippen molar-refractivity contribution in [2.24, 2.45) is 0 Å². The summed E-state index contributed by atoms with van der Waals surface area (Å²) >= 11 is 0. The molecule has 0 saturated carbocycles. The minimum atomic E-state index is -0.813. The van der Waals surface area contributed by atoms with E-state index in [1.54, 1.807) is 24.3 Å². The van der Waals surface area contributed by atoms with Crippen molar-refractivity contribution in [3.8, 4) is 0 Å². The van der Waals surface area contributed by atoms with Crippen LogP contribution in [-0.4, -0.2) is 30.9 Å². The maximum absolute atomic E-state index is 12.6. The van der Waals surface area contributed by atoms with E-state index in [1.165, 1.54) is 14.0 Å². The summed E-state index contributed by atoms with van der Waals surface area (Å²) in [5.41, 5.74) is 3.95. The first-order valence-electron chi connectivity index (χ1n) is 8.63. The van der Waals surface area contributed by atoms with Crippen LogP contribution in [0.1, 0.15) is 34.0 Å². The number of nitrogens with one attached hydrogen (secondary N) is 2. The molecule has 0 saturated heterocycles. The van der Waals surface area contributed by atoms with Crippen molar-refractivity contribution < 1.29 is 19.1 Å². The quantitative estimate of drug-likeness (QED) is 0.768. The van der Waals surface area contributed by atoms with Gasteiger partial charge in [-0.2, -0.15) is 0 Å². The zero-order chi connectivity index (χ0) is 20.0. The van der Waals surface area contributed by atoms with Crippen LogP contribution in [0, 0.1) is 13.8 Å². The van der Waals surface area contributed by atoms with Gasteiger partial charge in [0.05, 0.1) is 7.11 Å². The summed E-state index contributed by atoms with van der Waals surface area (Å²) in [6.07, 6.45) is 0.336. The molecule has 2 rings (SSSR count). The molecular weight excluding hydrogens is 344 g/mol. The summed E-state index contributed by atoms with van der Waals surface area (Å²) in [4.78, 5) is 36.1. The molecule has 2 N–H and O–H groups in total. The molecule has 2 aromatic rings. The van der Waals surface area contributed by atoms with Crippen molar-refractivity contribution in [3.63, 3.8) is 0 Å². The molecule has 6 heteroatoms. The normalized spacial score (nSPS) is 11.4. The Kier molecular flexibility index (Phi) is 6.71. The Hall–Kier alpha value is -3.15. The van der Waals surface area contributed by atoms with Gasteiger partial charge in [-0.1, -0.05) is 24.3 Å². The second-order valence-electron chi connectivity index (χ2n) is 6.39. The molecule has 0 aliphatic carbocycles. The molecule has 27 heavy (non-hydrogen) atoms. The van der Waals surface area contributed by atoms with Crippen molar-refractivity contribution >= 4 is 23.5 Å². The third-order valence-corrected chi connectivity index (χ3v) is 4.29. The van der Waals surface area contributed by atoms with E-state index in [-0.39, 0.29) is 5.91 Å². The van der Waals surface area contributed by atoms with Crippen molar-refractivity contribution in [3.05, 3.63) is 64.7 Å². The van der Waals surface area contributed by atoms with Gasteiger partial charge < -0.3 is 15.4 Å². The summed E-state index contributed by atoms with van der Waals surface area (Å²) in [5.74, 6) is -1.15. The Labute approximate surface area is 158 Å². The highest BCUT2D eigenvalue weighted by Gasteiger charge is 2.24. The van der Waals surface area contributed by atoms with Gasteiger partial charge in [-0.05, 0) is 48.7 Å². The van der Waals surface area contributed by atoms with E-state index in [2.05, 4.69) is 10.6 Å². The van der Waals surface area contributed by atoms with Gasteiger partial charge in [-0.15, -0.1) is 0 Å². The molecule has 0 fully saturated rings. The van der Waals surface area contributed by atoms with Gasteiger partial charge >= 0.3 is 5.97 Å². The largest absolute Gasteiger partial charge is 0.467 e. The zero-order valence-electron chi connectivity index (χ0n) is 16.0. The fraction of sp³-hybridized carbons (Fsp3) is 0.286. The fourth-order valence-electron chi connectivity index (χ4n) is 2.89. The second kappa shape index (κ2) is 8.98. The number of ether oxygens (including phenoxy) is 1. The number of anilines is 1. The van der Waals surface area contributed by atoms with Crippen LogP contribution in [0.2, 0.25) is 0 Å². The van der Waals surface area contributed by atoms with Gasteiger partial charge in [0.2, 0.25) is 5.91 Å². The number of aryl methyl sites for hydroxylation is 2. The summed E-state index contributed by atoms with van der Waals surface area (Å²) < 4.78 is 4.87. The van der Waals surface area contributed by atoms with Gasteiger partial charge in [0.25, 0.3) is 5.91 Å². The number of hydrogen-bond donors (Lipinski definition) is 2. The average Bonchev–Trinajstić information content (AvgIpc) is 2.62. The monoisotopic (exact) mass is 368 g/mol. The van der Waals surface area contributed by atoms with Crippen LogP contribution in [-0.2, 0) is 20.7 Å². The smallest absolute Gasteiger partial charge is 0.328 e. The van der Waals surface area contributed by atoms with Crippen molar-refractivity contribution in [1.82, 2.24) is 5.32 Å². The standard InChI is InChI=1S/C21H24N2O4/c1-13-7-5-8-14(2)18(13)12-19(21(26)27-4)23-20(25)16-9-6-10-17(11-16)22-15(3)24/h5-11,19H,12H2,1-4H3,(H,22,24)(H,23,25)/t19-/m0/s1. The van der Waals surface area contributed by atoms with Gasteiger partial charge in [0.1, 0.15) is 6.04 Å². The van der Waals surface area contributed by atoms with Crippen LogP contribution >= 0.6 is 0 Å². The van der Waals surface area contributed by atoms with Crippen LogP contribution in [0.15, 0.2) is 42.5 Å². The molecule has 0 heterocycles. The van der Waals surface area contributed by atoms with E-state index in [0.29, 0.717) is 17.7 Å². The number of hydrogen-bond acceptors (Lipinski definition) is 4. The molecule has 0 radical (unpaired) electrons. The van der Waals surface area contributed by atoms with E-state index in [9.17, 15) is 14.4 Å². The van der Waals surface area contributed by atoms with Crippen molar-refractivity contribution in [1.29, 1.82) is 0 Å². The number of carbonyl (C=O) groups excluding carboxylic acids is 3. The van der Waals surface area contributed by atoms with Gasteiger partial charge in [-0.25, -0.2) is 4.79 Å². The molecule has 0 aromatic heterocycles. The van der Waals surface area contributed by atoms with Crippen molar-refractivity contribution in [2.45, 2.75) is 33.2 Å². The molecule has 0 bridgehead atoms. The highest BCUT2D eigenvalue weighted by Crippen LogP contribution is 2.17. The fourth-order valence-corrected chi connectivity index (χ4v) is 2.89. The highest BCUT2D eigenvalue weighted by molar-refractivity contribution is 5.98. The summed E-state index contributed by atoms with van der Waals surface area (Å²) in [6, 6.07) is 11.6. The summed E-state index contributed by atoms with van der Waals surface area (Å²) in [6.45, 7) is 5.33. The Morgan fingerprint density at radius 1 is 1.04 bits per heavy atom. The van der Waals surface area contributed by atoms with Crippen LogP contribution in [0.5, 0.6) is 0 Å². The molecule has 1 atom stereocenters. The first-order chi connectivity index (χ1) is 12.8. The number of rotatable bonds is 6. The minimum Gasteiger partial charge on any atom is -0.467 e. The van der Waals surface area contributed by atoms with Gasteiger partial charge in [-0.3, -0.25) is 9.59 Å². The van der Waals surface area contributed by atoms with Crippen LogP contribution in [0.4, 0.5) is 5.69 Å². The Balaban J connectivity index is 2.22. The highest BCUT2D eigenvalue weighted by atomic mass is 16.5. The molecule has 2 amide bonds. The topological polar surface area (TPSA) is 84.5 Å². The van der Waals surface area contributed by atoms with E-state index in [0.717, 1.165) is 16.7 Å². The lowest BCUT2D eigenvalue weighted by Gasteiger charge is -2.19. The zero-order valence-corrected chi connectivity index (χ0v) is 16.0. The Morgan fingerprint density at radius 3 is 2.26 bits per heavy atom. The summed E-state index contributed by atoms with van der Waals surface area (Å²) in [5, 5.41) is 5.37. The number of amides is 2. The third-order valence-electron chi connectivity index (χ3n) is 4.29. The molecule has 2 aromatic carbocycles. The third kappa shape index (κ3) is 5.41. The number of esters is 1. The number of carbonyl (C=O) groups is 3. The molecular formula is C21H24N2O4. The second-order valence-corrected chi connectivity index (χ2v) is 6.39. The maximum atomic E-state index is 12.6. The molecule has 0 aliphatic heterocycles. The van der Waals surface area contributed by atoms with Crippen LogP contribution < -0.4 is 10.6 Å². The van der Waals surface area contributed by atoms with Crippen LogP contribution in [0.3, 0.4) is 0 Å². The molecule has 0 aliphatic rings. The Bertz CT molecular complexity index is 841. The first-order valence-corrected chi connectivity index (χ1v) is 8.63. The van der Waals surface area contributed by atoms with Gasteiger partial charge in [0, 0.05) is 24.6 Å². The SMILES string of the molecule is COC(=O)[C@H](Cc1c(C)cccc1C)NC(=O)c1cccc(NC(C)=O)c1. The van der Waals surface area contributed by atoms with E-state index in [4.69, 9.17) is 4.74 Å². The predicted molar refractivity (Wildman–Crippen MR) is 104 cm³/mol. The molecule has 0 spiro atoms. The lowest BCUT2D eigenvalue weighted by atomic mass is 9.96. The first kappa shape index (κ1) is 20.2. The predicted octanol–water partition coefficient (Wildman–Crippen LogP) is 2.78. The average molecular weight is 368 g/mol. The maximum Gasteiger partial charge on any atom is 0.328 e. The van der Waals surface area contributed by atoms with Gasteiger partial charge in [0.15, 0.2) is 0 Å². The molecule has 6 nitrogen and oxygen atoms in total. The summed E-state index contributed by atoms with van der Waals surface area (Å²) in [7, 11) is 1.30. The lowest BCUT2D eigenvalue weighted by molar-refractivity contribution is -0.142. The van der Waals surface area contributed by atoms with E-state index in [1.807, 2.05) is 32.0 Å². The number of benzene rings is 2. The minimum absolute atomic E-state index is 0.227. The van der Waals surface area contributed by atoms with Crippen molar-refractivity contribution in [2.75, 3.05) is 12.4 Å². The van der Waals surface area contributed by atoms with E-state index < -0.39 is 17.9 Å². The Morgan fingerprint density at radius 2 is 1.67 bits per heavy atom. The van der Waals surface area contributed by atoms with Crippen LogP contribution in [0.25, 0.3) is 0 Å². The lowest BCUT2D eigenvalue weighted by Crippen LogP contribution is -2.43.